The summed E-state index contributed by atoms with van der Waals surface area (Å²) in [6.07, 6.45) is 4.99. The van der Waals surface area contributed by atoms with Crippen molar-refractivity contribution in [1.29, 1.82) is 0 Å². The Kier molecular flexibility index (Phi) is 7.62. The van der Waals surface area contributed by atoms with Crippen LogP contribution in [0, 0.1) is 13.8 Å². The van der Waals surface area contributed by atoms with Crippen molar-refractivity contribution in [3.63, 3.8) is 0 Å². The summed E-state index contributed by atoms with van der Waals surface area (Å²) in [6.45, 7) is 9.80. The number of rotatable bonds is 10. The van der Waals surface area contributed by atoms with Gasteiger partial charge in [-0.2, -0.15) is 15.3 Å². The van der Waals surface area contributed by atoms with Gasteiger partial charge in [-0.15, -0.1) is 0 Å². The minimum atomic E-state index is -0.652. The number of aromatic nitrogens is 7. The van der Waals surface area contributed by atoms with E-state index in [2.05, 4.69) is 38.0 Å². The third-order valence-electron chi connectivity index (χ3n) is 7.87. The van der Waals surface area contributed by atoms with E-state index in [4.69, 9.17) is 20.3 Å². The van der Waals surface area contributed by atoms with Crippen molar-refractivity contribution in [2.24, 2.45) is 0 Å². The molecular weight excluding hydrogens is 526 g/mol. The summed E-state index contributed by atoms with van der Waals surface area (Å²) in [6, 6.07) is 17.9. The summed E-state index contributed by atoms with van der Waals surface area (Å²) in [5, 5.41) is 36.6. The van der Waals surface area contributed by atoms with Crippen LogP contribution in [-0.4, -0.2) is 51.1 Å². The number of aliphatic hydroxyl groups is 2. The number of aryl methyl sites for hydroxylation is 2. The molecule has 2 aromatic carbocycles. The number of hydrogen-bond acceptors (Lipinski definition) is 6. The van der Waals surface area contributed by atoms with E-state index in [-0.39, 0.29) is 12.5 Å². The Morgan fingerprint density at radius 1 is 0.881 bits per heavy atom. The van der Waals surface area contributed by atoms with Crippen LogP contribution >= 0.6 is 0 Å². The number of unbranched alkanes of at least 4 members (excludes halogenated alkanes) is 1. The molecular formula is C33H37N7O2. The highest BCUT2D eigenvalue weighted by Gasteiger charge is 2.23. The average Bonchev–Trinajstić information content (AvgIpc) is 3.67. The molecule has 0 fully saturated rings. The molecule has 0 aliphatic heterocycles. The molecule has 0 saturated heterocycles. The van der Waals surface area contributed by atoms with Crippen molar-refractivity contribution in [3.05, 3.63) is 89.5 Å². The summed E-state index contributed by atoms with van der Waals surface area (Å²) in [5.41, 5.74) is 8.42. The maximum atomic E-state index is 10.8. The first-order chi connectivity index (χ1) is 20.3. The van der Waals surface area contributed by atoms with Crippen LogP contribution < -0.4 is 0 Å². The Balaban J connectivity index is 1.40. The predicted octanol–water partition coefficient (Wildman–Crippen LogP) is 5.88. The molecule has 0 unspecified atom stereocenters. The Labute approximate surface area is 245 Å². The topological polar surface area (TPSA) is 107 Å². The van der Waals surface area contributed by atoms with Crippen LogP contribution in [0.25, 0.3) is 38.9 Å². The van der Waals surface area contributed by atoms with E-state index in [1.54, 1.807) is 0 Å². The summed E-state index contributed by atoms with van der Waals surface area (Å²) >= 11 is 0. The van der Waals surface area contributed by atoms with Crippen LogP contribution in [0.15, 0.2) is 67.0 Å². The van der Waals surface area contributed by atoms with Gasteiger partial charge in [0.1, 0.15) is 0 Å². The quantitative estimate of drug-likeness (QED) is 0.202. The molecule has 216 valence electrons. The van der Waals surface area contributed by atoms with E-state index < -0.39 is 6.10 Å². The van der Waals surface area contributed by atoms with Gasteiger partial charge in [0.15, 0.2) is 5.65 Å². The molecule has 4 aromatic heterocycles. The molecule has 4 heterocycles. The van der Waals surface area contributed by atoms with Gasteiger partial charge in [0.2, 0.25) is 0 Å². The second-order valence-electron chi connectivity index (χ2n) is 11.3. The molecule has 1 atom stereocenters. The summed E-state index contributed by atoms with van der Waals surface area (Å²) in [5.74, 6) is 0.241. The van der Waals surface area contributed by atoms with Crippen molar-refractivity contribution in [1.82, 2.24) is 34.3 Å². The summed E-state index contributed by atoms with van der Waals surface area (Å²) in [4.78, 5) is 4.83. The number of hydrogen-bond donors (Lipinski definition) is 2. The fraction of sp³-hybridized carbons (Fsp3) is 0.333. The highest BCUT2D eigenvalue weighted by atomic mass is 16.3. The smallest absolute Gasteiger partial charge is 0.181 e. The van der Waals surface area contributed by atoms with E-state index >= 15 is 0 Å². The first-order valence-electron chi connectivity index (χ1n) is 14.6. The lowest BCUT2D eigenvalue weighted by Crippen LogP contribution is -2.08. The Morgan fingerprint density at radius 3 is 2.45 bits per heavy atom. The Hall–Kier alpha value is -4.34. The van der Waals surface area contributed by atoms with Gasteiger partial charge < -0.3 is 10.2 Å². The third-order valence-corrected chi connectivity index (χ3v) is 7.87. The number of benzene rings is 2. The van der Waals surface area contributed by atoms with E-state index in [9.17, 15) is 5.11 Å². The van der Waals surface area contributed by atoms with Crippen molar-refractivity contribution < 1.29 is 10.2 Å². The highest BCUT2D eigenvalue weighted by molar-refractivity contribution is 5.94. The summed E-state index contributed by atoms with van der Waals surface area (Å²) < 4.78 is 5.74. The Morgan fingerprint density at radius 2 is 1.69 bits per heavy atom. The molecule has 9 heteroatoms. The number of aliphatic hydroxyl groups excluding tert-OH is 2. The zero-order chi connectivity index (χ0) is 29.4. The minimum absolute atomic E-state index is 0.186. The molecule has 0 radical (unpaired) electrons. The zero-order valence-electron chi connectivity index (χ0n) is 24.6. The van der Waals surface area contributed by atoms with Gasteiger partial charge in [-0.3, -0.25) is 9.36 Å². The fourth-order valence-corrected chi connectivity index (χ4v) is 5.79. The molecule has 6 aromatic rings. The number of pyridine rings is 1. The lowest BCUT2D eigenvalue weighted by atomic mass is 9.95. The lowest BCUT2D eigenvalue weighted by Gasteiger charge is -2.10. The second-order valence-corrected chi connectivity index (χ2v) is 11.3. The van der Waals surface area contributed by atoms with Crippen LogP contribution in [0.5, 0.6) is 0 Å². The maximum absolute atomic E-state index is 10.8. The van der Waals surface area contributed by atoms with Gasteiger partial charge in [0, 0.05) is 53.1 Å². The van der Waals surface area contributed by atoms with E-state index in [0.29, 0.717) is 12.2 Å². The molecule has 2 N–H and O–H groups in total. The molecule has 0 saturated carbocycles. The average molecular weight is 564 g/mol. The first kappa shape index (κ1) is 27.8. The van der Waals surface area contributed by atoms with Crippen molar-refractivity contribution in [2.75, 3.05) is 6.61 Å². The molecule has 0 amide bonds. The third kappa shape index (κ3) is 5.21. The normalized spacial score (nSPS) is 12.6. The fourth-order valence-electron chi connectivity index (χ4n) is 5.79. The molecule has 0 aliphatic rings. The van der Waals surface area contributed by atoms with Crippen LogP contribution in [0.2, 0.25) is 0 Å². The van der Waals surface area contributed by atoms with Gasteiger partial charge in [0.05, 0.1) is 35.2 Å². The maximum Gasteiger partial charge on any atom is 0.181 e. The van der Waals surface area contributed by atoms with E-state index in [1.165, 1.54) is 5.56 Å². The standard InChI is InChI=1S/C33H37N7O2/c1-21(2)31-23(4)40(29-17-25-18-38(15-8-9-16-41)37-33(25)34-22(29)3)36-32(31)26-13-10-14-28-27(26)19-39(35-28)20-30(42)24-11-6-5-7-12-24/h5-7,10-14,17-19,21,30,41-42H,8-9,15-16,20H2,1-4H3/t30-/m0/s1. The molecule has 6 rings (SSSR count). The molecule has 0 bridgehead atoms. The highest BCUT2D eigenvalue weighted by Crippen LogP contribution is 2.37. The van der Waals surface area contributed by atoms with E-state index in [0.717, 1.165) is 69.6 Å². The van der Waals surface area contributed by atoms with Crippen LogP contribution in [0.4, 0.5) is 0 Å². The van der Waals surface area contributed by atoms with Gasteiger partial charge in [-0.1, -0.05) is 56.3 Å². The van der Waals surface area contributed by atoms with Crippen LogP contribution in [-0.2, 0) is 13.1 Å². The predicted molar refractivity (Wildman–Crippen MR) is 165 cm³/mol. The van der Waals surface area contributed by atoms with Crippen molar-refractivity contribution in [2.45, 2.75) is 65.6 Å². The first-order valence-corrected chi connectivity index (χ1v) is 14.6. The zero-order valence-corrected chi connectivity index (χ0v) is 24.6. The van der Waals surface area contributed by atoms with Gasteiger partial charge in [0.25, 0.3) is 0 Å². The van der Waals surface area contributed by atoms with E-state index in [1.807, 2.05) is 75.8 Å². The monoisotopic (exact) mass is 563 g/mol. The number of nitrogens with zero attached hydrogens (tertiary/aromatic N) is 7. The lowest BCUT2D eigenvalue weighted by molar-refractivity contribution is 0.152. The van der Waals surface area contributed by atoms with Crippen LogP contribution in [0.3, 0.4) is 0 Å². The minimum Gasteiger partial charge on any atom is -0.396 e. The van der Waals surface area contributed by atoms with Crippen molar-refractivity contribution >= 4 is 21.9 Å². The SMILES string of the molecule is Cc1nc2nn(CCCCO)cc2cc1-n1nc(-c2cccc3nn(C[C@H](O)c4ccccc4)cc23)c(C(C)C)c1C. The molecule has 9 nitrogen and oxygen atoms in total. The van der Waals surface area contributed by atoms with Crippen LogP contribution in [0.1, 0.15) is 61.2 Å². The van der Waals surface area contributed by atoms with Gasteiger partial charge >= 0.3 is 0 Å². The van der Waals surface area contributed by atoms with Crippen molar-refractivity contribution in [3.8, 4) is 16.9 Å². The second kappa shape index (κ2) is 11.5. The van der Waals surface area contributed by atoms with Gasteiger partial charge in [-0.05, 0) is 50.3 Å². The van der Waals surface area contributed by atoms with Gasteiger partial charge in [-0.25, -0.2) is 9.67 Å². The molecule has 0 aliphatic carbocycles. The molecule has 42 heavy (non-hydrogen) atoms. The summed E-state index contributed by atoms with van der Waals surface area (Å²) in [7, 11) is 0. The number of fused-ring (bicyclic) bond motifs is 2. The Bertz CT molecular complexity index is 1850. The largest absolute Gasteiger partial charge is 0.396 e. The molecule has 0 spiro atoms.